The van der Waals surface area contributed by atoms with Crippen LogP contribution >= 0.6 is 11.3 Å². The maximum atomic E-state index is 12.4. The van der Waals surface area contributed by atoms with Crippen molar-refractivity contribution in [1.82, 2.24) is 20.0 Å². The van der Waals surface area contributed by atoms with Crippen LogP contribution in [0.2, 0.25) is 0 Å². The molecule has 2 heterocycles. The molecule has 7 heteroatoms. The van der Waals surface area contributed by atoms with Crippen LogP contribution in [0.15, 0.2) is 0 Å². The Balaban J connectivity index is 2.07. The zero-order valence-electron chi connectivity index (χ0n) is 11.0. The van der Waals surface area contributed by atoms with Crippen molar-refractivity contribution in [2.75, 3.05) is 39.5 Å². The number of carbonyl (C=O) groups is 1. The zero-order valence-corrected chi connectivity index (χ0v) is 11.8. The van der Waals surface area contributed by atoms with Gasteiger partial charge in [0.15, 0.2) is 0 Å². The first-order valence-corrected chi connectivity index (χ1v) is 6.90. The monoisotopic (exact) mass is 269 g/mol. The molecule has 100 valence electrons. The van der Waals surface area contributed by atoms with E-state index in [-0.39, 0.29) is 5.91 Å². The van der Waals surface area contributed by atoms with Crippen LogP contribution in [0.25, 0.3) is 0 Å². The van der Waals surface area contributed by atoms with E-state index in [1.165, 1.54) is 11.3 Å². The number of nitrogens with one attached hydrogen (secondary N) is 1. The average molecular weight is 269 g/mol. The first-order chi connectivity index (χ1) is 8.61. The minimum Gasteiger partial charge on any atom is -0.363 e. The van der Waals surface area contributed by atoms with Gasteiger partial charge in [0.2, 0.25) is 10.1 Å². The lowest BCUT2D eigenvalue weighted by atomic mass is 10.2. The first-order valence-electron chi connectivity index (χ1n) is 6.08. The predicted molar refractivity (Wildman–Crippen MR) is 72.1 cm³/mol. The molecule has 0 aromatic carbocycles. The second-order valence-electron chi connectivity index (χ2n) is 4.72. The van der Waals surface area contributed by atoms with Crippen LogP contribution < -0.4 is 5.32 Å². The SMILES string of the molecule is CNc1nnc(C(=O)N2CCCC2CN(C)C)s1. The molecule has 0 spiro atoms. The summed E-state index contributed by atoms with van der Waals surface area (Å²) in [4.78, 5) is 16.4. The molecule has 2 rings (SSSR count). The van der Waals surface area contributed by atoms with Crippen LogP contribution in [0, 0.1) is 0 Å². The third kappa shape index (κ3) is 2.78. The second kappa shape index (κ2) is 5.62. The maximum absolute atomic E-state index is 12.4. The quantitative estimate of drug-likeness (QED) is 0.874. The van der Waals surface area contributed by atoms with E-state index in [0.29, 0.717) is 16.2 Å². The summed E-state index contributed by atoms with van der Waals surface area (Å²) in [6.07, 6.45) is 2.14. The van der Waals surface area contributed by atoms with Gasteiger partial charge in [-0.2, -0.15) is 0 Å². The standard InChI is InChI=1S/C11H19N5OS/c1-12-11-14-13-9(18-11)10(17)16-6-4-5-8(16)7-15(2)3/h8H,4-7H2,1-3H3,(H,12,14). The Hall–Kier alpha value is -1.21. The molecular formula is C11H19N5OS. The Kier molecular flexibility index (Phi) is 4.13. The molecule has 1 unspecified atom stereocenters. The summed E-state index contributed by atoms with van der Waals surface area (Å²) >= 11 is 1.31. The molecular weight excluding hydrogens is 250 g/mol. The molecule has 1 fully saturated rings. The lowest BCUT2D eigenvalue weighted by Gasteiger charge is -2.26. The van der Waals surface area contributed by atoms with Crippen LogP contribution in [0.4, 0.5) is 5.13 Å². The van der Waals surface area contributed by atoms with E-state index in [0.717, 1.165) is 25.9 Å². The number of amides is 1. The first kappa shape index (κ1) is 13.2. The summed E-state index contributed by atoms with van der Waals surface area (Å²) in [5, 5.41) is 11.9. The number of carbonyl (C=O) groups excluding carboxylic acids is 1. The van der Waals surface area contributed by atoms with Crippen molar-refractivity contribution in [3.8, 4) is 0 Å². The van der Waals surface area contributed by atoms with Crippen molar-refractivity contribution in [3.63, 3.8) is 0 Å². The molecule has 0 bridgehead atoms. The molecule has 1 aliphatic heterocycles. The Morgan fingerprint density at radius 3 is 2.94 bits per heavy atom. The van der Waals surface area contributed by atoms with E-state index in [1.807, 2.05) is 19.0 Å². The van der Waals surface area contributed by atoms with Gasteiger partial charge in [-0.15, -0.1) is 10.2 Å². The van der Waals surface area contributed by atoms with E-state index < -0.39 is 0 Å². The van der Waals surface area contributed by atoms with Gasteiger partial charge in [-0.1, -0.05) is 11.3 Å². The molecule has 1 aliphatic rings. The Morgan fingerprint density at radius 2 is 2.33 bits per heavy atom. The molecule has 1 amide bonds. The van der Waals surface area contributed by atoms with Crippen molar-refractivity contribution < 1.29 is 4.79 Å². The summed E-state index contributed by atoms with van der Waals surface area (Å²) in [7, 11) is 5.84. The fourth-order valence-corrected chi connectivity index (χ4v) is 2.90. The fraction of sp³-hybridized carbons (Fsp3) is 0.727. The van der Waals surface area contributed by atoms with E-state index in [9.17, 15) is 4.79 Å². The number of nitrogens with zero attached hydrogens (tertiary/aromatic N) is 4. The van der Waals surface area contributed by atoms with Crippen LogP contribution in [-0.2, 0) is 0 Å². The Labute approximate surface area is 111 Å². The minimum atomic E-state index is 0.0124. The summed E-state index contributed by atoms with van der Waals surface area (Å²) < 4.78 is 0. The largest absolute Gasteiger partial charge is 0.363 e. The van der Waals surface area contributed by atoms with Gasteiger partial charge in [0.1, 0.15) is 0 Å². The molecule has 1 N–H and O–H groups in total. The van der Waals surface area contributed by atoms with Gasteiger partial charge in [-0.3, -0.25) is 4.79 Å². The van der Waals surface area contributed by atoms with Crippen LogP contribution in [-0.4, -0.2) is 66.2 Å². The molecule has 18 heavy (non-hydrogen) atoms. The van der Waals surface area contributed by atoms with Gasteiger partial charge >= 0.3 is 0 Å². The van der Waals surface area contributed by atoms with Gasteiger partial charge in [-0.05, 0) is 26.9 Å². The maximum Gasteiger partial charge on any atom is 0.285 e. The lowest BCUT2D eigenvalue weighted by molar-refractivity contribution is 0.0715. The van der Waals surface area contributed by atoms with E-state index in [1.54, 1.807) is 7.05 Å². The molecule has 0 saturated carbocycles. The van der Waals surface area contributed by atoms with E-state index in [2.05, 4.69) is 20.4 Å². The minimum absolute atomic E-state index is 0.0124. The fourth-order valence-electron chi connectivity index (χ4n) is 2.25. The molecule has 0 radical (unpaired) electrons. The van der Waals surface area contributed by atoms with Crippen molar-refractivity contribution in [2.45, 2.75) is 18.9 Å². The normalized spacial score (nSPS) is 19.6. The van der Waals surface area contributed by atoms with Crippen molar-refractivity contribution in [1.29, 1.82) is 0 Å². The summed E-state index contributed by atoms with van der Waals surface area (Å²) in [6.45, 7) is 1.73. The Morgan fingerprint density at radius 1 is 1.56 bits per heavy atom. The van der Waals surface area contributed by atoms with Crippen molar-refractivity contribution in [2.24, 2.45) is 0 Å². The highest BCUT2D eigenvalue weighted by Gasteiger charge is 2.31. The Bertz CT molecular complexity index is 419. The summed E-state index contributed by atoms with van der Waals surface area (Å²) in [6, 6.07) is 0.300. The number of anilines is 1. The van der Waals surface area contributed by atoms with E-state index >= 15 is 0 Å². The number of hydrogen-bond acceptors (Lipinski definition) is 6. The zero-order chi connectivity index (χ0) is 13.1. The highest BCUT2D eigenvalue weighted by atomic mass is 32.1. The lowest BCUT2D eigenvalue weighted by Crippen LogP contribution is -2.41. The topological polar surface area (TPSA) is 61.4 Å². The smallest absolute Gasteiger partial charge is 0.285 e. The molecule has 0 aliphatic carbocycles. The second-order valence-corrected chi connectivity index (χ2v) is 5.70. The van der Waals surface area contributed by atoms with Crippen LogP contribution in [0.5, 0.6) is 0 Å². The van der Waals surface area contributed by atoms with Crippen molar-refractivity contribution in [3.05, 3.63) is 5.01 Å². The van der Waals surface area contributed by atoms with Gasteiger partial charge in [0.25, 0.3) is 5.91 Å². The highest BCUT2D eigenvalue weighted by Crippen LogP contribution is 2.23. The average Bonchev–Trinajstić information content (AvgIpc) is 2.95. The van der Waals surface area contributed by atoms with Gasteiger partial charge in [-0.25, -0.2) is 0 Å². The molecule has 1 aromatic rings. The third-order valence-corrected chi connectivity index (χ3v) is 3.96. The highest BCUT2D eigenvalue weighted by molar-refractivity contribution is 7.17. The summed E-state index contributed by atoms with van der Waals surface area (Å²) in [5.74, 6) is 0.0124. The van der Waals surface area contributed by atoms with Gasteiger partial charge < -0.3 is 15.1 Å². The van der Waals surface area contributed by atoms with Gasteiger partial charge in [0.05, 0.1) is 0 Å². The number of aromatic nitrogens is 2. The van der Waals surface area contributed by atoms with Crippen LogP contribution in [0.1, 0.15) is 22.6 Å². The molecule has 1 saturated heterocycles. The predicted octanol–water partition coefficient (Wildman–Crippen LogP) is 0.746. The number of likely N-dealkylation sites (N-methyl/N-ethyl adjacent to an activating group) is 1. The number of likely N-dealkylation sites (tertiary alicyclic amines) is 1. The van der Waals surface area contributed by atoms with Crippen LogP contribution in [0.3, 0.4) is 0 Å². The van der Waals surface area contributed by atoms with Crippen molar-refractivity contribution >= 4 is 22.4 Å². The number of hydrogen-bond donors (Lipinski definition) is 1. The molecule has 6 nitrogen and oxygen atoms in total. The summed E-state index contributed by atoms with van der Waals surface area (Å²) in [5.41, 5.74) is 0. The third-order valence-electron chi connectivity index (χ3n) is 3.04. The van der Waals surface area contributed by atoms with E-state index in [4.69, 9.17) is 0 Å². The number of rotatable bonds is 4. The molecule has 1 atom stereocenters. The molecule has 1 aromatic heterocycles. The van der Waals surface area contributed by atoms with Gasteiger partial charge in [0, 0.05) is 26.2 Å².